The summed E-state index contributed by atoms with van der Waals surface area (Å²) in [6.07, 6.45) is 4.07. The molecule has 106 valence electrons. The summed E-state index contributed by atoms with van der Waals surface area (Å²) in [7, 11) is 0. The van der Waals surface area contributed by atoms with Gasteiger partial charge >= 0.3 is 6.01 Å². The normalized spacial score (nSPS) is 10.3. The highest BCUT2D eigenvalue weighted by molar-refractivity contribution is 7.99. The Hall–Kier alpha value is -1.96. The molecule has 0 aliphatic heterocycles. The Morgan fingerprint density at radius 2 is 2.15 bits per heavy atom. The van der Waals surface area contributed by atoms with Gasteiger partial charge in [-0.05, 0) is 31.2 Å². The molecule has 2 aromatic rings. The fourth-order valence-corrected chi connectivity index (χ4v) is 1.98. The van der Waals surface area contributed by atoms with Gasteiger partial charge in [-0.15, -0.1) is 0 Å². The summed E-state index contributed by atoms with van der Waals surface area (Å²) in [5, 5.41) is 4.38. The molecule has 2 heterocycles. The van der Waals surface area contributed by atoms with Gasteiger partial charge < -0.3 is 10.1 Å². The monoisotopic (exact) mass is 292 g/mol. The van der Waals surface area contributed by atoms with Crippen LogP contribution < -0.4 is 10.1 Å². The molecule has 20 heavy (non-hydrogen) atoms. The average Bonchev–Trinajstić information content (AvgIpc) is 2.46. The molecule has 0 aliphatic carbocycles. The average molecular weight is 292 g/mol. The molecular weight excluding hydrogens is 276 g/mol. The standard InChI is InChI=1S/C12H16N6OS/c1-3-7-19-11-16-10(14-4-2)17-12(18-11)20-9-5-6-13-8-15-9/h5-6,8H,3-4,7H2,1-2H3,(H,14,16,17,18). The number of anilines is 1. The van der Waals surface area contributed by atoms with E-state index in [2.05, 4.69) is 30.2 Å². The van der Waals surface area contributed by atoms with Crippen molar-refractivity contribution in [2.75, 3.05) is 18.5 Å². The lowest BCUT2D eigenvalue weighted by molar-refractivity contribution is 0.288. The second-order valence-electron chi connectivity index (χ2n) is 3.75. The topological polar surface area (TPSA) is 85.7 Å². The molecule has 0 aliphatic rings. The van der Waals surface area contributed by atoms with E-state index in [4.69, 9.17) is 4.74 Å². The van der Waals surface area contributed by atoms with Crippen molar-refractivity contribution < 1.29 is 4.74 Å². The van der Waals surface area contributed by atoms with Gasteiger partial charge in [-0.2, -0.15) is 15.0 Å². The molecule has 1 N–H and O–H groups in total. The lowest BCUT2D eigenvalue weighted by atomic mass is 10.5. The van der Waals surface area contributed by atoms with Crippen LogP contribution in [-0.2, 0) is 0 Å². The van der Waals surface area contributed by atoms with Crippen molar-refractivity contribution in [3.05, 3.63) is 18.6 Å². The molecule has 0 saturated heterocycles. The zero-order chi connectivity index (χ0) is 14.2. The first-order valence-electron chi connectivity index (χ1n) is 6.38. The predicted molar refractivity (Wildman–Crippen MR) is 75.9 cm³/mol. The second-order valence-corrected chi connectivity index (χ2v) is 4.74. The molecule has 7 nitrogen and oxygen atoms in total. The van der Waals surface area contributed by atoms with E-state index in [9.17, 15) is 0 Å². The SMILES string of the molecule is CCCOc1nc(NCC)nc(Sc2ccncn2)n1. The molecule has 0 atom stereocenters. The lowest BCUT2D eigenvalue weighted by Crippen LogP contribution is -2.07. The highest BCUT2D eigenvalue weighted by atomic mass is 32.2. The van der Waals surface area contributed by atoms with E-state index in [0.29, 0.717) is 23.7 Å². The fraction of sp³-hybridized carbons (Fsp3) is 0.417. The molecule has 2 rings (SSSR count). The third-order valence-corrected chi connectivity index (χ3v) is 2.93. The zero-order valence-electron chi connectivity index (χ0n) is 11.4. The van der Waals surface area contributed by atoms with Gasteiger partial charge in [0.15, 0.2) is 0 Å². The summed E-state index contributed by atoms with van der Waals surface area (Å²) in [4.78, 5) is 20.8. The van der Waals surface area contributed by atoms with Crippen LogP contribution in [-0.4, -0.2) is 38.1 Å². The van der Waals surface area contributed by atoms with Crippen molar-refractivity contribution in [2.45, 2.75) is 30.5 Å². The Bertz CT molecular complexity index is 539. The number of nitrogens with zero attached hydrogens (tertiary/aromatic N) is 5. The Labute approximate surface area is 121 Å². The van der Waals surface area contributed by atoms with Gasteiger partial charge in [-0.1, -0.05) is 6.92 Å². The van der Waals surface area contributed by atoms with Crippen LogP contribution in [0.2, 0.25) is 0 Å². The maximum Gasteiger partial charge on any atom is 0.322 e. The fourth-order valence-electron chi connectivity index (χ4n) is 1.31. The predicted octanol–water partition coefficient (Wildman–Crippen LogP) is 2.03. The number of nitrogens with one attached hydrogen (secondary N) is 1. The molecule has 0 fully saturated rings. The van der Waals surface area contributed by atoms with E-state index < -0.39 is 0 Å². The summed E-state index contributed by atoms with van der Waals surface area (Å²) in [5.41, 5.74) is 0. The van der Waals surface area contributed by atoms with E-state index in [1.807, 2.05) is 13.8 Å². The van der Waals surface area contributed by atoms with Gasteiger partial charge in [0.05, 0.1) is 6.61 Å². The summed E-state index contributed by atoms with van der Waals surface area (Å²) >= 11 is 1.34. The largest absolute Gasteiger partial charge is 0.463 e. The number of hydrogen-bond acceptors (Lipinski definition) is 8. The first kappa shape index (κ1) is 14.4. The Morgan fingerprint density at radius 1 is 1.25 bits per heavy atom. The molecule has 2 aromatic heterocycles. The van der Waals surface area contributed by atoms with Gasteiger partial charge in [0.25, 0.3) is 0 Å². The Balaban J connectivity index is 2.19. The van der Waals surface area contributed by atoms with Crippen LogP contribution >= 0.6 is 11.8 Å². The molecule has 0 aromatic carbocycles. The number of ether oxygens (including phenoxy) is 1. The summed E-state index contributed by atoms with van der Waals surface area (Å²) in [5.74, 6) is 0.505. The van der Waals surface area contributed by atoms with E-state index >= 15 is 0 Å². The van der Waals surface area contributed by atoms with Crippen LogP contribution in [0.3, 0.4) is 0 Å². The summed E-state index contributed by atoms with van der Waals surface area (Å²) in [6.45, 7) is 5.32. The van der Waals surface area contributed by atoms with Crippen LogP contribution in [0, 0.1) is 0 Å². The third kappa shape index (κ3) is 4.30. The quantitative estimate of drug-likeness (QED) is 0.776. The van der Waals surface area contributed by atoms with E-state index in [0.717, 1.165) is 18.0 Å². The summed E-state index contributed by atoms with van der Waals surface area (Å²) in [6, 6.07) is 2.13. The first-order chi connectivity index (χ1) is 9.81. The molecule has 0 amide bonds. The zero-order valence-corrected chi connectivity index (χ0v) is 12.2. The maximum absolute atomic E-state index is 5.47. The lowest BCUT2D eigenvalue weighted by Gasteiger charge is -2.07. The molecule has 8 heteroatoms. The summed E-state index contributed by atoms with van der Waals surface area (Å²) < 4.78 is 5.47. The first-order valence-corrected chi connectivity index (χ1v) is 7.20. The molecule has 0 unspecified atom stereocenters. The van der Waals surface area contributed by atoms with Gasteiger partial charge in [0, 0.05) is 12.7 Å². The highest BCUT2D eigenvalue weighted by Gasteiger charge is 2.09. The van der Waals surface area contributed by atoms with Crippen molar-refractivity contribution in [1.29, 1.82) is 0 Å². The molecular formula is C12H16N6OS. The minimum Gasteiger partial charge on any atom is -0.463 e. The van der Waals surface area contributed by atoms with E-state index in [1.165, 1.54) is 18.1 Å². The minimum atomic E-state index is 0.328. The number of rotatable bonds is 7. The van der Waals surface area contributed by atoms with Crippen LogP contribution in [0.15, 0.2) is 28.8 Å². The van der Waals surface area contributed by atoms with Crippen molar-refractivity contribution in [1.82, 2.24) is 24.9 Å². The second kappa shape index (κ2) is 7.59. The van der Waals surface area contributed by atoms with Crippen LogP contribution in [0.25, 0.3) is 0 Å². The van der Waals surface area contributed by atoms with Crippen LogP contribution in [0.5, 0.6) is 6.01 Å². The molecule has 0 bridgehead atoms. The van der Waals surface area contributed by atoms with Gasteiger partial charge in [0.2, 0.25) is 11.1 Å². The third-order valence-electron chi connectivity index (χ3n) is 2.12. The van der Waals surface area contributed by atoms with Gasteiger partial charge in [-0.3, -0.25) is 0 Å². The number of hydrogen-bond donors (Lipinski definition) is 1. The minimum absolute atomic E-state index is 0.328. The molecule has 0 spiro atoms. The highest BCUT2D eigenvalue weighted by Crippen LogP contribution is 2.23. The van der Waals surface area contributed by atoms with E-state index in [1.54, 1.807) is 12.3 Å². The van der Waals surface area contributed by atoms with E-state index in [-0.39, 0.29) is 0 Å². The number of aromatic nitrogens is 5. The molecule has 0 saturated carbocycles. The molecule has 0 radical (unpaired) electrons. The van der Waals surface area contributed by atoms with Crippen LogP contribution in [0.1, 0.15) is 20.3 Å². The maximum atomic E-state index is 5.47. The van der Waals surface area contributed by atoms with Crippen molar-refractivity contribution in [3.63, 3.8) is 0 Å². The van der Waals surface area contributed by atoms with Crippen molar-refractivity contribution >= 4 is 17.7 Å². The smallest absolute Gasteiger partial charge is 0.322 e. The van der Waals surface area contributed by atoms with Crippen LogP contribution in [0.4, 0.5) is 5.95 Å². The van der Waals surface area contributed by atoms with Gasteiger partial charge in [-0.25, -0.2) is 9.97 Å². The van der Waals surface area contributed by atoms with Crippen molar-refractivity contribution in [3.8, 4) is 6.01 Å². The Morgan fingerprint density at radius 3 is 2.85 bits per heavy atom. The Kier molecular flexibility index (Phi) is 5.48. The van der Waals surface area contributed by atoms with Gasteiger partial charge in [0.1, 0.15) is 11.4 Å². The van der Waals surface area contributed by atoms with Crippen molar-refractivity contribution in [2.24, 2.45) is 0 Å².